The third kappa shape index (κ3) is 6.22. The molecule has 0 fully saturated rings. The number of carbonyl (C=O) groups excluding carboxylic acids is 1. The molecule has 1 aromatic rings. The van der Waals surface area contributed by atoms with Crippen LogP contribution in [-0.4, -0.2) is 42.1 Å². The van der Waals surface area contributed by atoms with Crippen LogP contribution < -0.4 is 5.32 Å². The summed E-state index contributed by atoms with van der Waals surface area (Å²) >= 11 is 3.46. The largest absolute Gasteiger partial charge is 0.347 e. The lowest BCUT2D eigenvalue weighted by molar-refractivity contribution is 0.0915. The van der Waals surface area contributed by atoms with Gasteiger partial charge in [-0.15, -0.1) is 0 Å². The van der Waals surface area contributed by atoms with E-state index in [1.807, 2.05) is 30.9 Å². The molecule has 1 unspecified atom stereocenters. The van der Waals surface area contributed by atoms with Crippen molar-refractivity contribution in [3.8, 4) is 0 Å². The molecule has 1 atom stereocenters. The number of likely N-dealkylation sites (N-methyl/N-ethyl adjacent to an activating group) is 1. The van der Waals surface area contributed by atoms with E-state index >= 15 is 0 Å². The summed E-state index contributed by atoms with van der Waals surface area (Å²) in [5.41, 5.74) is 0.733. The molecule has 0 aliphatic heterocycles. The van der Waals surface area contributed by atoms with Crippen LogP contribution in [0, 0.1) is 5.92 Å². The molecule has 0 aromatic carbocycles. The van der Waals surface area contributed by atoms with Gasteiger partial charge in [0.15, 0.2) is 0 Å². The SMILES string of the molecule is CCCn1cc(Br)cc1C(=O)NC(CC(C)C)CN(C)C. The molecule has 120 valence electrons. The molecule has 1 aromatic heterocycles. The lowest BCUT2D eigenvalue weighted by Crippen LogP contribution is -2.43. The number of amides is 1. The quantitative estimate of drug-likeness (QED) is 0.774. The van der Waals surface area contributed by atoms with E-state index in [1.54, 1.807) is 0 Å². The Hall–Kier alpha value is -0.810. The maximum Gasteiger partial charge on any atom is 0.268 e. The summed E-state index contributed by atoms with van der Waals surface area (Å²) in [6, 6.07) is 2.07. The molecule has 1 amide bonds. The van der Waals surface area contributed by atoms with Crippen molar-refractivity contribution in [1.29, 1.82) is 0 Å². The molecular formula is C16H28BrN3O. The second-order valence-corrected chi connectivity index (χ2v) is 7.21. The van der Waals surface area contributed by atoms with Crippen molar-refractivity contribution in [2.45, 2.75) is 46.2 Å². The second kappa shape index (κ2) is 8.59. The van der Waals surface area contributed by atoms with E-state index in [2.05, 4.69) is 46.9 Å². The summed E-state index contributed by atoms with van der Waals surface area (Å²) in [7, 11) is 4.08. The Morgan fingerprint density at radius 3 is 2.62 bits per heavy atom. The molecule has 1 rings (SSSR count). The number of aromatic nitrogens is 1. The summed E-state index contributed by atoms with van der Waals surface area (Å²) < 4.78 is 2.97. The number of nitrogens with zero attached hydrogens (tertiary/aromatic N) is 2. The number of hydrogen-bond donors (Lipinski definition) is 1. The van der Waals surface area contributed by atoms with E-state index in [1.165, 1.54) is 0 Å². The maximum absolute atomic E-state index is 12.6. The van der Waals surface area contributed by atoms with E-state index in [-0.39, 0.29) is 11.9 Å². The number of rotatable bonds is 8. The molecule has 21 heavy (non-hydrogen) atoms. The number of hydrogen-bond acceptors (Lipinski definition) is 2. The van der Waals surface area contributed by atoms with Crippen LogP contribution in [0.25, 0.3) is 0 Å². The van der Waals surface area contributed by atoms with Gasteiger partial charge in [-0.2, -0.15) is 0 Å². The highest BCUT2D eigenvalue weighted by molar-refractivity contribution is 9.10. The van der Waals surface area contributed by atoms with Crippen LogP contribution in [0.2, 0.25) is 0 Å². The topological polar surface area (TPSA) is 37.3 Å². The van der Waals surface area contributed by atoms with Crippen LogP contribution in [0.3, 0.4) is 0 Å². The molecule has 0 saturated carbocycles. The monoisotopic (exact) mass is 357 g/mol. The smallest absolute Gasteiger partial charge is 0.268 e. The van der Waals surface area contributed by atoms with Gasteiger partial charge in [-0.1, -0.05) is 20.8 Å². The van der Waals surface area contributed by atoms with Crippen LogP contribution in [0.5, 0.6) is 0 Å². The van der Waals surface area contributed by atoms with Crippen molar-refractivity contribution < 1.29 is 4.79 Å². The Bertz CT molecular complexity index is 444. The minimum absolute atomic E-state index is 0.0154. The van der Waals surface area contributed by atoms with Crippen molar-refractivity contribution in [2.75, 3.05) is 20.6 Å². The third-order valence-electron chi connectivity index (χ3n) is 3.24. The summed E-state index contributed by atoms with van der Waals surface area (Å²) in [4.78, 5) is 14.7. The predicted molar refractivity (Wildman–Crippen MR) is 91.7 cm³/mol. The Kier molecular flexibility index (Phi) is 7.46. The van der Waals surface area contributed by atoms with E-state index in [4.69, 9.17) is 0 Å². The van der Waals surface area contributed by atoms with E-state index in [0.717, 1.165) is 36.1 Å². The zero-order valence-corrected chi connectivity index (χ0v) is 15.4. The molecule has 1 N–H and O–H groups in total. The molecule has 0 saturated heterocycles. The second-order valence-electron chi connectivity index (χ2n) is 6.30. The number of halogens is 1. The highest BCUT2D eigenvalue weighted by atomic mass is 79.9. The highest BCUT2D eigenvalue weighted by Gasteiger charge is 2.18. The minimum Gasteiger partial charge on any atom is -0.347 e. The van der Waals surface area contributed by atoms with E-state index in [9.17, 15) is 4.79 Å². The summed E-state index contributed by atoms with van der Waals surface area (Å²) in [5, 5.41) is 3.19. The summed E-state index contributed by atoms with van der Waals surface area (Å²) in [6.45, 7) is 8.20. The molecule has 0 aliphatic carbocycles. The Labute approximate surface area is 137 Å². The van der Waals surface area contributed by atoms with Gasteiger partial charge >= 0.3 is 0 Å². The number of aryl methyl sites for hydroxylation is 1. The van der Waals surface area contributed by atoms with E-state index in [0.29, 0.717) is 5.92 Å². The fourth-order valence-electron chi connectivity index (χ4n) is 2.54. The lowest BCUT2D eigenvalue weighted by Gasteiger charge is -2.24. The molecule has 0 radical (unpaired) electrons. The standard InChI is InChI=1S/C16H28BrN3O/c1-6-7-20-10-13(17)9-15(20)16(21)18-14(8-12(2)3)11-19(4)5/h9-10,12,14H,6-8,11H2,1-5H3,(H,18,21). The fraction of sp³-hybridized carbons (Fsp3) is 0.688. The van der Waals surface area contributed by atoms with Gasteiger partial charge in [0.25, 0.3) is 5.91 Å². The Morgan fingerprint density at radius 2 is 2.10 bits per heavy atom. The zero-order chi connectivity index (χ0) is 16.0. The normalized spacial score (nSPS) is 13.0. The molecule has 1 heterocycles. The average Bonchev–Trinajstić information content (AvgIpc) is 2.69. The summed E-state index contributed by atoms with van der Waals surface area (Å²) in [6.07, 6.45) is 3.97. The first kappa shape index (κ1) is 18.2. The first-order valence-electron chi connectivity index (χ1n) is 7.64. The van der Waals surface area contributed by atoms with Gasteiger partial charge in [0, 0.05) is 29.8 Å². The average molecular weight is 358 g/mol. The third-order valence-corrected chi connectivity index (χ3v) is 3.67. The van der Waals surface area contributed by atoms with Crippen molar-refractivity contribution in [3.05, 3.63) is 22.4 Å². The van der Waals surface area contributed by atoms with Gasteiger partial charge in [-0.25, -0.2) is 0 Å². The Balaban J connectivity index is 2.80. The molecule has 0 spiro atoms. The van der Waals surface area contributed by atoms with Crippen molar-refractivity contribution in [2.24, 2.45) is 5.92 Å². The van der Waals surface area contributed by atoms with Crippen LogP contribution in [0.4, 0.5) is 0 Å². The van der Waals surface area contributed by atoms with Crippen molar-refractivity contribution in [3.63, 3.8) is 0 Å². The summed E-state index contributed by atoms with van der Waals surface area (Å²) in [5.74, 6) is 0.575. The van der Waals surface area contributed by atoms with Crippen LogP contribution in [-0.2, 0) is 6.54 Å². The van der Waals surface area contributed by atoms with Gasteiger partial charge in [0.05, 0.1) is 0 Å². The van der Waals surface area contributed by atoms with Gasteiger partial charge in [-0.05, 0) is 54.9 Å². The van der Waals surface area contributed by atoms with E-state index < -0.39 is 0 Å². The Morgan fingerprint density at radius 1 is 1.43 bits per heavy atom. The van der Waals surface area contributed by atoms with Gasteiger partial charge in [0.1, 0.15) is 5.69 Å². The predicted octanol–water partition coefficient (Wildman–Crippen LogP) is 3.37. The highest BCUT2D eigenvalue weighted by Crippen LogP contribution is 2.16. The van der Waals surface area contributed by atoms with Crippen molar-refractivity contribution in [1.82, 2.24) is 14.8 Å². The molecule has 0 bridgehead atoms. The van der Waals surface area contributed by atoms with Gasteiger partial charge in [0.2, 0.25) is 0 Å². The van der Waals surface area contributed by atoms with Crippen LogP contribution in [0.15, 0.2) is 16.7 Å². The first-order valence-corrected chi connectivity index (χ1v) is 8.44. The van der Waals surface area contributed by atoms with Gasteiger partial charge < -0.3 is 14.8 Å². The minimum atomic E-state index is 0.0154. The molecule has 4 nitrogen and oxygen atoms in total. The lowest BCUT2D eigenvalue weighted by atomic mass is 10.0. The number of carbonyl (C=O) groups is 1. The first-order chi connectivity index (χ1) is 9.83. The zero-order valence-electron chi connectivity index (χ0n) is 13.8. The molecule has 5 heteroatoms. The van der Waals surface area contributed by atoms with Crippen LogP contribution >= 0.6 is 15.9 Å². The maximum atomic E-state index is 12.6. The molecule has 0 aliphatic rings. The number of nitrogens with one attached hydrogen (secondary N) is 1. The van der Waals surface area contributed by atoms with Gasteiger partial charge in [-0.3, -0.25) is 4.79 Å². The van der Waals surface area contributed by atoms with Crippen molar-refractivity contribution >= 4 is 21.8 Å². The molecular weight excluding hydrogens is 330 g/mol. The fourth-order valence-corrected chi connectivity index (χ4v) is 3.00. The van der Waals surface area contributed by atoms with Crippen LogP contribution in [0.1, 0.15) is 44.1 Å².